The van der Waals surface area contributed by atoms with Gasteiger partial charge in [0.25, 0.3) is 5.56 Å². The van der Waals surface area contributed by atoms with Crippen LogP contribution in [0.5, 0.6) is 0 Å². The van der Waals surface area contributed by atoms with E-state index in [1.165, 1.54) is 0 Å². The number of allylic oxidation sites excluding steroid dienone is 2. The number of imidazole rings is 1. The Labute approximate surface area is 90.6 Å². The van der Waals surface area contributed by atoms with Crippen LogP contribution in [0.2, 0.25) is 0 Å². The van der Waals surface area contributed by atoms with Crippen LogP contribution in [0, 0.1) is 0 Å². The van der Waals surface area contributed by atoms with Crippen LogP contribution in [-0.4, -0.2) is 19.9 Å². The molecule has 3 rings (SSSR count). The molecule has 0 saturated heterocycles. The molecule has 1 aliphatic rings. The van der Waals surface area contributed by atoms with Crippen LogP contribution in [0.25, 0.3) is 16.7 Å². The number of nitrogens with zero attached hydrogens (tertiary/aromatic N) is 2. The maximum atomic E-state index is 11.6. The second-order valence-electron chi connectivity index (χ2n) is 3.86. The van der Waals surface area contributed by atoms with Gasteiger partial charge in [-0.05, 0) is 24.8 Å². The number of nitrogens with one attached hydrogen (secondary N) is 2. The number of rotatable bonds is 1. The van der Waals surface area contributed by atoms with Gasteiger partial charge in [0.05, 0.1) is 0 Å². The van der Waals surface area contributed by atoms with E-state index >= 15 is 0 Å². The highest BCUT2D eigenvalue weighted by atomic mass is 16.1. The molecule has 0 amide bonds. The van der Waals surface area contributed by atoms with Crippen molar-refractivity contribution < 1.29 is 0 Å². The second kappa shape index (κ2) is 3.19. The smallest absolute Gasteiger partial charge is 0.278 e. The highest BCUT2D eigenvalue weighted by Crippen LogP contribution is 2.26. The summed E-state index contributed by atoms with van der Waals surface area (Å²) in [5, 5.41) is 0. The number of H-pyrrole nitrogens is 2. The predicted molar refractivity (Wildman–Crippen MR) is 60.7 cm³/mol. The zero-order valence-electron chi connectivity index (χ0n) is 8.58. The third-order valence-corrected chi connectivity index (χ3v) is 2.72. The maximum Gasteiger partial charge on any atom is 0.278 e. The van der Waals surface area contributed by atoms with Crippen molar-refractivity contribution >= 4 is 22.7 Å². The average Bonchev–Trinajstić information content (AvgIpc) is 2.82. The van der Waals surface area contributed by atoms with E-state index in [-0.39, 0.29) is 11.5 Å². The van der Waals surface area contributed by atoms with Gasteiger partial charge in [-0.3, -0.25) is 9.78 Å². The van der Waals surface area contributed by atoms with E-state index in [4.69, 9.17) is 5.73 Å². The van der Waals surface area contributed by atoms with Gasteiger partial charge in [-0.1, -0.05) is 6.08 Å². The molecule has 2 aromatic heterocycles. The fraction of sp³-hybridized carbons (Fsp3) is 0.300. The minimum Gasteiger partial charge on any atom is -0.369 e. The van der Waals surface area contributed by atoms with E-state index in [0.29, 0.717) is 11.2 Å². The molecule has 0 radical (unpaired) electrons. The van der Waals surface area contributed by atoms with E-state index in [9.17, 15) is 4.79 Å². The van der Waals surface area contributed by atoms with E-state index in [1.807, 2.05) is 0 Å². The van der Waals surface area contributed by atoms with Crippen molar-refractivity contribution in [2.24, 2.45) is 0 Å². The summed E-state index contributed by atoms with van der Waals surface area (Å²) in [6.07, 6.45) is 5.33. The lowest BCUT2D eigenvalue weighted by Gasteiger charge is -1.92. The molecule has 6 nitrogen and oxygen atoms in total. The van der Waals surface area contributed by atoms with E-state index < -0.39 is 0 Å². The second-order valence-corrected chi connectivity index (χ2v) is 3.86. The number of hydrogen-bond acceptors (Lipinski definition) is 4. The molecule has 0 aliphatic heterocycles. The van der Waals surface area contributed by atoms with Crippen molar-refractivity contribution in [3.8, 4) is 0 Å². The molecular formula is C10H11N5O. The largest absolute Gasteiger partial charge is 0.369 e. The summed E-state index contributed by atoms with van der Waals surface area (Å²) in [7, 11) is 0. The Morgan fingerprint density at radius 3 is 2.94 bits per heavy atom. The van der Waals surface area contributed by atoms with E-state index in [1.54, 1.807) is 0 Å². The Kier molecular flexibility index (Phi) is 1.82. The molecule has 0 aromatic carbocycles. The first-order valence-electron chi connectivity index (χ1n) is 5.19. The summed E-state index contributed by atoms with van der Waals surface area (Å²) < 4.78 is 0. The number of hydrogen-bond donors (Lipinski definition) is 3. The van der Waals surface area contributed by atoms with Crippen LogP contribution in [-0.2, 0) is 0 Å². The van der Waals surface area contributed by atoms with Crippen LogP contribution in [0.3, 0.4) is 0 Å². The molecule has 2 aromatic rings. The Hall–Kier alpha value is -2.11. The molecule has 0 bridgehead atoms. The molecular weight excluding hydrogens is 206 g/mol. The number of nitrogen functional groups attached to an aromatic ring is 1. The summed E-state index contributed by atoms with van der Waals surface area (Å²) in [5.74, 6) is 0.826. The number of fused-ring (bicyclic) bond motifs is 1. The van der Waals surface area contributed by atoms with Crippen molar-refractivity contribution in [3.05, 3.63) is 22.3 Å². The van der Waals surface area contributed by atoms with Crippen molar-refractivity contribution in [2.75, 3.05) is 5.73 Å². The van der Waals surface area contributed by atoms with Gasteiger partial charge in [0.2, 0.25) is 5.95 Å². The first-order valence-corrected chi connectivity index (χ1v) is 5.19. The lowest BCUT2D eigenvalue weighted by Crippen LogP contribution is -2.10. The van der Waals surface area contributed by atoms with Crippen molar-refractivity contribution in [3.63, 3.8) is 0 Å². The van der Waals surface area contributed by atoms with Gasteiger partial charge >= 0.3 is 0 Å². The molecule has 1 aliphatic carbocycles. The predicted octanol–water partition coefficient (Wildman–Crippen LogP) is 0.796. The molecule has 0 spiro atoms. The normalized spacial score (nSPS) is 15.6. The van der Waals surface area contributed by atoms with Crippen molar-refractivity contribution in [1.82, 2.24) is 19.9 Å². The lowest BCUT2D eigenvalue weighted by molar-refractivity contribution is 0.931. The van der Waals surface area contributed by atoms with Crippen LogP contribution in [0.4, 0.5) is 5.95 Å². The van der Waals surface area contributed by atoms with Crippen LogP contribution in [0.15, 0.2) is 10.9 Å². The van der Waals surface area contributed by atoms with E-state index in [2.05, 4.69) is 26.0 Å². The SMILES string of the molecule is Nc1nc2nc(C3=CCCC3)[nH]c2c(=O)[nH]1. The van der Waals surface area contributed by atoms with Gasteiger partial charge < -0.3 is 10.7 Å². The van der Waals surface area contributed by atoms with Gasteiger partial charge in [-0.2, -0.15) is 4.98 Å². The molecule has 82 valence electrons. The quantitative estimate of drug-likeness (QED) is 0.657. The fourth-order valence-corrected chi connectivity index (χ4v) is 1.96. The Balaban J connectivity index is 2.23. The zero-order chi connectivity index (χ0) is 11.1. The molecule has 0 unspecified atom stereocenters. The zero-order valence-corrected chi connectivity index (χ0v) is 8.58. The minimum atomic E-state index is -0.278. The number of anilines is 1. The Morgan fingerprint density at radius 2 is 2.19 bits per heavy atom. The third-order valence-electron chi connectivity index (χ3n) is 2.72. The van der Waals surface area contributed by atoms with Crippen LogP contribution >= 0.6 is 0 Å². The molecule has 0 atom stereocenters. The van der Waals surface area contributed by atoms with Crippen molar-refractivity contribution in [1.29, 1.82) is 0 Å². The summed E-state index contributed by atoms with van der Waals surface area (Å²) in [4.78, 5) is 25.3. The minimum absolute atomic E-state index is 0.0935. The maximum absolute atomic E-state index is 11.6. The molecule has 16 heavy (non-hydrogen) atoms. The number of nitrogens with two attached hydrogens (primary N) is 1. The lowest BCUT2D eigenvalue weighted by atomic mass is 10.2. The van der Waals surface area contributed by atoms with Gasteiger partial charge in [0.15, 0.2) is 11.2 Å². The summed E-state index contributed by atoms with van der Waals surface area (Å²) in [6.45, 7) is 0. The fourth-order valence-electron chi connectivity index (χ4n) is 1.96. The first kappa shape index (κ1) is 9.14. The Morgan fingerprint density at radius 1 is 1.31 bits per heavy atom. The first-order chi connectivity index (χ1) is 7.74. The van der Waals surface area contributed by atoms with Crippen LogP contribution in [0.1, 0.15) is 25.1 Å². The molecule has 4 N–H and O–H groups in total. The van der Waals surface area contributed by atoms with Gasteiger partial charge in [-0.15, -0.1) is 0 Å². The van der Waals surface area contributed by atoms with Crippen molar-refractivity contribution in [2.45, 2.75) is 19.3 Å². The van der Waals surface area contributed by atoms with Gasteiger partial charge in [0, 0.05) is 0 Å². The molecule has 0 fully saturated rings. The number of aromatic amines is 2. The van der Waals surface area contributed by atoms with Crippen LogP contribution < -0.4 is 11.3 Å². The highest BCUT2D eigenvalue weighted by molar-refractivity contribution is 5.75. The molecule has 6 heteroatoms. The van der Waals surface area contributed by atoms with Gasteiger partial charge in [0.1, 0.15) is 5.82 Å². The summed E-state index contributed by atoms with van der Waals surface area (Å²) in [6, 6.07) is 0. The standard InChI is InChI=1S/C10H11N5O/c11-10-14-8-6(9(16)15-10)12-7(13-8)5-3-1-2-4-5/h3H,1-2,4H2,(H4,11,12,13,14,15,16). The third kappa shape index (κ3) is 1.30. The Bertz CT molecular complexity index is 636. The summed E-state index contributed by atoms with van der Waals surface area (Å²) in [5.41, 5.74) is 7.09. The molecule has 2 heterocycles. The monoisotopic (exact) mass is 217 g/mol. The molecule has 0 saturated carbocycles. The topological polar surface area (TPSA) is 100 Å². The van der Waals surface area contributed by atoms with E-state index in [0.717, 1.165) is 30.7 Å². The van der Waals surface area contributed by atoms with Gasteiger partial charge in [-0.25, -0.2) is 4.98 Å². The highest BCUT2D eigenvalue weighted by Gasteiger charge is 2.14. The number of aromatic nitrogens is 4. The average molecular weight is 217 g/mol. The summed E-state index contributed by atoms with van der Waals surface area (Å²) >= 11 is 0.